The fourth-order valence-corrected chi connectivity index (χ4v) is 4.51. The lowest BCUT2D eigenvalue weighted by Gasteiger charge is -2.28. The topological polar surface area (TPSA) is 64.4 Å². The van der Waals surface area contributed by atoms with Gasteiger partial charge in [-0.1, -0.05) is 6.07 Å². The molecule has 5 atom stereocenters. The van der Waals surface area contributed by atoms with E-state index in [1.165, 1.54) is 18.9 Å². The Balaban J connectivity index is 1.37. The second-order valence-corrected chi connectivity index (χ2v) is 8.11. The number of benzene rings is 1. The summed E-state index contributed by atoms with van der Waals surface area (Å²) in [5.74, 6) is 1.36. The van der Waals surface area contributed by atoms with Crippen molar-refractivity contribution in [3.8, 4) is 5.75 Å². The average Bonchev–Trinajstić information content (AvgIpc) is 3.20. The summed E-state index contributed by atoms with van der Waals surface area (Å²) in [6.07, 6.45) is 5.68. The zero-order valence-corrected chi connectivity index (χ0v) is 14.7. The second kappa shape index (κ2) is 6.60. The molecule has 0 aliphatic heterocycles. The maximum absolute atomic E-state index is 14.2. The first-order valence-corrected chi connectivity index (χ1v) is 9.51. The van der Waals surface area contributed by atoms with Gasteiger partial charge in [0.2, 0.25) is 5.91 Å². The van der Waals surface area contributed by atoms with Gasteiger partial charge in [-0.15, -0.1) is 0 Å². The minimum atomic E-state index is -0.365. The molecule has 1 aromatic rings. The van der Waals surface area contributed by atoms with E-state index in [4.69, 9.17) is 10.5 Å². The lowest BCUT2D eigenvalue weighted by atomic mass is 9.84. The zero-order chi connectivity index (χ0) is 17.6. The van der Waals surface area contributed by atoms with Crippen LogP contribution in [0.25, 0.3) is 0 Å². The van der Waals surface area contributed by atoms with Gasteiger partial charge < -0.3 is 15.8 Å². The van der Waals surface area contributed by atoms with Crippen LogP contribution < -0.4 is 15.8 Å². The third kappa shape index (κ3) is 3.39. The predicted molar refractivity (Wildman–Crippen MR) is 93.5 cm³/mol. The smallest absolute Gasteiger partial charge is 0.225 e. The number of carbonyl (C=O) groups excluding carboxylic acids is 1. The summed E-state index contributed by atoms with van der Waals surface area (Å²) in [7, 11) is 0. The lowest BCUT2D eigenvalue weighted by Crippen LogP contribution is -2.45. The second-order valence-electron chi connectivity index (χ2n) is 8.11. The number of amides is 1. The molecule has 1 aromatic carbocycles. The molecule has 4 rings (SSSR count). The molecular formula is C20H27FN2O2. The number of hydrogen-bond acceptors (Lipinski definition) is 3. The van der Waals surface area contributed by atoms with Gasteiger partial charge in [0.15, 0.2) is 11.6 Å². The summed E-state index contributed by atoms with van der Waals surface area (Å²) in [6.45, 7) is 2.47. The fraction of sp³-hybridized carbons (Fsp3) is 0.650. The highest BCUT2D eigenvalue weighted by Crippen LogP contribution is 2.47. The Bertz CT molecular complexity index is 659. The largest absolute Gasteiger partial charge is 0.490 e. The molecule has 25 heavy (non-hydrogen) atoms. The van der Waals surface area contributed by atoms with Gasteiger partial charge in [-0.05, 0) is 74.5 Å². The number of rotatable bonds is 6. The van der Waals surface area contributed by atoms with Gasteiger partial charge in [-0.3, -0.25) is 4.79 Å². The Hall–Kier alpha value is -1.62. The van der Waals surface area contributed by atoms with E-state index in [1.807, 2.05) is 13.0 Å². The van der Waals surface area contributed by atoms with Crippen LogP contribution in [-0.4, -0.2) is 18.6 Å². The van der Waals surface area contributed by atoms with E-state index in [2.05, 4.69) is 5.32 Å². The number of carbonyl (C=O) groups is 1. The van der Waals surface area contributed by atoms with E-state index in [1.54, 1.807) is 6.07 Å². The maximum atomic E-state index is 14.2. The predicted octanol–water partition coefficient (Wildman–Crippen LogP) is 3.17. The quantitative estimate of drug-likeness (QED) is 0.831. The molecule has 136 valence electrons. The van der Waals surface area contributed by atoms with E-state index in [0.717, 1.165) is 24.8 Å². The first-order chi connectivity index (χ1) is 12.0. The fourth-order valence-electron chi connectivity index (χ4n) is 4.51. The van der Waals surface area contributed by atoms with Crippen molar-refractivity contribution in [2.45, 2.75) is 51.1 Å². The van der Waals surface area contributed by atoms with Gasteiger partial charge in [0.05, 0.1) is 18.6 Å². The summed E-state index contributed by atoms with van der Waals surface area (Å²) < 4.78 is 19.8. The molecule has 3 N–H and O–H groups in total. The van der Waals surface area contributed by atoms with Crippen molar-refractivity contribution < 1.29 is 13.9 Å². The number of fused-ring (bicyclic) bond motifs is 2. The Morgan fingerprint density at radius 1 is 1.32 bits per heavy atom. The molecule has 0 saturated heterocycles. The third-order valence-electron chi connectivity index (χ3n) is 6.27. The van der Waals surface area contributed by atoms with Crippen LogP contribution in [0, 0.1) is 29.5 Å². The van der Waals surface area contributed by atoms with Gasteiger partial charge >= 0.3 is 0 Å². The molecular weight excluding hydrogens is 319 g/mol. The van der Waals surface area contributed by atoms with Crippen molar-refractivity contribution in [3.63, 3.8) is 0 Å². The van der Waals surface area contributed by atoms with Gasteiger partial charge in [0, 0.05) is 6.04 Å². The number of nitrogens with one attached hydrogen (secondary N) is 1. The van der Waals surface area contributed by atoms with Crippen LogP contribution >= 0.6 is 0 Å². The summed E-state index contributed by atoms with van der Waals surface area (Å²) >= 11 is 0. The molecule has 3 aliphatic carbocycles. The summed E-state index contributed by atoms with van der Waals surface area (Å²) in [5, 5.41) is 3.03. The molecule has 1 amide bonds. The highest BCUT2D eigenvalue weighted by Gasteiger charge is 2.49. The monoisotopic (exact) mass is 346 g/mol. The van der Waals surface area contributed by atoms with Crippen LogP contribution in [0.15, 0.2) is 18.2 Å². The van der Waals surface area contributed by atoms with Crippen LogP contribution in [0.1, 0.15) is 50.6 Å². The third-order valence-corrected chi connectivity index (χ3v) is 6.27. The molecule has 0 spiro atoms. The Kier molecular flexibility index (Phi) is 4.44. The van der Waals surface area contributed by atoms with Crippen molar-refractivity contribution in [2.75, 3.05) is 6.61 Å². The molecule has 4 nitrogen and oxygen atoms in total. The normalized spacial score (nSPS) is 31.8. The van der Waals surface area contributed by atoms with Crippen molar-refractivity contribution in [2.24, 2.45) is 29.4 Å². The van der Waals surface area contributed by atoms with Gasteiger partial charge in [-0.25, -0.2) is 4.39 Å². The summed E-state index contributed by atoms with van der Waals surface area (Å²) in [5.41, 5.74) is 7.00. The van der Waals surface area contributed by atoms with Crippen LogP contribution in [0.4, 0.5) is 4.39 Å². The molecule has 0 aromatic heterocycles. The number of halogens is 1. The van der Waals surface area contributed by atoms with Crippen molar-refractivity contribution >= 4 is 5.91 Å². The van der Waals surface area contributed by atoms with Gasteiger partial charge in [0.25, 0.3) is 0 Å². The van der Waals surface area contributed by atoms with Crippen molar-refractivity contribution in [1.82, 2.24) is 5.32 Å². The summed E-state index contributed by atoms with van der Waals surface area (Å²) in [6, 6.07) is 4.69. The van der Waals surface area contributed by atoms with Crippen molar-refractivity contribution in [1.29, 1.82) is 0 Å². The molecule has 3 fully saturated rings. The molecule has 3 aliphatic rings. The summed E-state index contributed by atoms with van der Waals surface area (Å²) in [4.78, 5) is 12.7. The van der Waals surface area contributed by atoms with Crippen LogP contribution in [-0.2, 0) is 4.79 Å². The Labute approximate surface area is 148 Å². The van der Waals surface area contributed by atoms with Crippen LogP contribution in [0.5, 0.6) is 5.75 Å². The van der Waals surface area contributed by atoms with E-state index < -0.39 is 0 Å². The maximum Gasteiger partial charge on any atom is 0.225 e. The minimum Gasteiger partial charge on any atom is -0.490 e. The van der Waals surface area contributed by atoms with E-state index in [0.29, 0.717) is 30.1 Å². The number of hydrogen-bond donors (Lipinski definition) is 2. The van der Waals surface area contributed by atoms with Crippen molar-refractivity contribution in [3.05, 3.63) is 29.6 Å². The molecule has 5 heteroatoms. The van der Waals surface area contributed by atoms with Gasteiger partial charge in [0.1, 0.15) is 0 Å². The zero-order valence-electron chi connectivity index (χ0n) is 14.7. The number of nitrogens with two attached hydrogens (primary N) is 1. The highest BCUT2D eigenvalue weighted by molar-refractivity contribution is 5.80. The van der Waals surface area contributed by atoms with Gasteiger partial charge in [-0.2, -0.15) is 0 Å². The first kappa shape index (κ1) is 16.8. The number of ether oxygens (including phenoxy) is 1. The van der Waals surface area contributed by atoms with E-state index in [9.17, 15) is 9.18 Å². The average molecular weight is 346 g/mol. The SMILES string of the molecule is CC(NC(=O)C1C2CCC(C2)C1N)c1ccc(OCC2CC2)c(F)c1. The Morgan fingerprint density at radius 2 is 2.08 bits per heavy atom. The molecule has 2 bridgehead atoms. The molecule has 3 saturated carbocycles. The molecule has 5 unspecified atom stereocenters. The van der Waals surface area contributed by atoms with E-state index in [-0.39, 0.29) is 29.7 Å². The van der Waals surface area contributed by atoms with Crippen LogP contribution in [0.3, 0.4) is 0 Å². The van der Waals surface area contributed by atoms with E-state index >= 15 is 0 Å². The molecule has 0 heterocycles. The van der Waals surface area contributed by atoms with Crippen LogP contribution in [0.2, 0.25) is 0 Å². The highest BCUT2D eigenvalue weighted by atomic mass is 19.1. The first-order valence-electron chi connectivity index (χ1n) is 9.51. The minimum absolute atomic E-state index is 0.0154. The Morgan fingerprint density at radius 3 is 2.72 bits per heavy atom. The lowest BCUT2D eigenvalue weighted by molar-refractivity contribution is -0.127. The molecule has 0 radical (unpaired) electrons. The standard InChI is InChI=1S/C20H27FN2O2/c1-11(23-20(24)18-14-4-5-15(8-14)19(18)22)13-6-7-17(16(21)9-13)25-10-12-2-3-12/h6-7,9,11-12,14-15,18-19H,2-5,8,10,22H2,1H3,(H,23,24).